The van der Waals surface area contributed by atoms with Crippen molar-refractivity contribution in [2.24, 2.45) is 0 Å². The molecule has 0 radical (unpaired) electrons. The normalized spacial score (nSPS) is 11.6. The summed E-state index contributed by atoms with van der Waals surface area (Å²) < 4.78 is 46.5. The molecule has 0 aliphatic rings. The van der Waals surface area contributed by atoms with Crippen molar-refractivity contribution in [1.29, 1.82) is 0 Å². The molecule has 0 fully saturated rings. The Kier molecular flexibility index (Phi) is 6.70. The topological polar surface area (TPSA) is 77.7 Å². The molecule has 26 heavy (non-hydrogen) atoms. The maximum absolute atomic E-state index is 12.5. The monoisotopic (exact) mass is 373 g/mol. The molecule has 0 N–H and O–H groups in total. The number of benzene rings is 1. The van der Waals surface area contributed by atoms with Crippen LogP contribution in [-0.2, 0) is 27.1 Å². The smallest absolute Gasteiger partial charge is 0.375 e. The molecule has 1 aromatic heterocycles. The first kappa shape index (κ1) is 19.9. The van der Waals surface area contributed by atoms with Gasteiger partial charge in [-0.2, -0.15) is 18.2 Å². The van der Waals surface area contributed by atoms with Crippen LogP contribution in [0.3, 0.4) is 0 Å². The summed E-state index contributed by atoms with van der Waals surface area (Å²) >= 11 is 0. The first-order valence-corrected chi connectivity index (χ1v) is 7.77. The van der Waals surface area contributed by atoms with Crippen LogP contribution >= 0.6 is 0 Å². The van der Waals surface area contributed by atoms with Crippen LogP contribution < -0.4 is 0 Å². The molecule has 0 saturated heterocycles. The standard InChI is InChI=1S/C16H18F3N3O4/c1-3-8-25-22(13(23)10-24-2)9-11-4-6-12(7-5-11)14-20-15(26-21-14)16(17,18)19/h4-7H,3,8-10H2,1-2H3. The average Bonchev–Trinajstić information content (AvgIpc) is 3.10. The number of hydrogen-bond donors (Lipinski definition) is 0. The van der Waals surface area contributed by atoms with Gasteiger partial charge in [0.2, 0.25) is 5.82 Å². The van der Waals surface area contributed by atoms with Crippen LogP contribution in [0, 0.1) is 0 Å². The number of hydroxylamine groups is 2. The third kappa shape index (κ3) is 5.27. The number of alkyl halides is 3. The van der Waals surface area contributed by atoms with Gasteiger partial charge in [0, 0.05) is 12.7 Å². The Balaban J connectivity index is 2.09. The van der Waals surface area contributed by atoms with Crippen molar-refractivity contribution in [3.63, 3.8) is 0 Å². The Morgan fingerprint density at radius 2 is 1.96 bits per heavy atom. The van der Waals surface area contributed by atoms with Gasteiger partial charge in [0.05, 0.1) is 13.2 Å². The third-order valence-corrected chi connectivity index (χ3v) is 3.20. The zero-order chi connectivity index (χ0) is 19.2. The summed E-state index contributed by atoms with van der Waals surface area (Å²) in [5.74, 6) is -1.91. The van der Waals surface area contributed by atoms with E-state index in [2.05, 4.69) is 14.7 Å². The van der Waals surface area contributed by atoms with E-state index in [-0.39, 0.29) is 24.9 Å². The number of carbonyl (C=O) groups excluding carboxylic acids is 1. The lowest BCUT2D eigenvalue weighted by Crippen LogP contribution is -2.33. The van der Waals surface area contributed by atoms with Crippen molar-refractivity contribution in [3.05, 3.63) is 35.7 Å². The van der Waals surface area contributed by atoms with Crippen LogP contribution in [0.25, 0.3) is 11.4 Å². The number of hydrogen-bond acceptors (Lipinski definition) is 6. The maximum Gasteiger partial charge on any atom is 0.471 e. The van der Waals surface area contributed by atoms with Gasteiger partial charge in [0.25, 0.3) is 5.91 Å². The van der Waals surface area contributed by atoms with Gasteiger partial charge < -0.3 is 9.26 Å². The summed E-state index contributed by atoms with van der Waals surface area (Å²) in [4.78, 5) is 20.7. The zero-order valence-corrected chi connectivity index (χ0v) is 14.2. The molecule has 0 unspecified atom stereocenters. The number of nitrogens with zero attached hydrogens (tertiary/aromatic N) is 3. The highest BCUT2D eigenvalue weighted by Crippen LogP contribution is 2.29. The van der Waals surface area contributed by atoms with Crippen molar-refractivity contribution < 1.29 is 32.1 Å². The van der Waals surface area contributed by atoms with Crippen LogP contribution in [0.5, 0.6) is 0 Å². The first-order valence-electron chi connectivity index (χ1n) is 7.77. The minimum Gasteiger partial charge on any atom is -0.375 e. The molecule has 0 spiro atoms. The molecular formula is C16H18F3N3O4. The van der Waals surface area contributed by atoms with Gasteiger partial charge in [-0.15, -0.1) is 0 Å². The van der Waals surface area contributed by atoms with Crippen LogP contribution in [0.1, 0.15) is 24.8 Å². The number of carbonyl (C=O) groups is 1. The van der Waals surface area contributed by atoms with Crippen LogP contribution in [0.4, 0.5) is 13.2 Å². The number of aromatic nitrogens is 2. The Hall–Kier alpha value is -2.46. The molecule has 2 aromatic rings. The Morgan fingerprint density at radius 1 is 1.27 bits per heavy atom. The molecule has 1 amide bonds. The van der Waals surface area contributed by atoms with Crippen molar-refractivity contribution in [2.45, 2.75) is 26.1 Å². The Bertz CT molecular complexity index is 716. The minimum atomic E-state index is -4.69. The summed E-state index contributed by atoms with van der Waals surface area (Å²) in [7, 11) is 1.41. The highest BCUT2D eigenvalue weighted by Gasteiger charge is 2.38. The largest absolute Gasteiger partial charge is 0.471 e. The second kappa shape index (κ2) is 8.77. The van der Waals surface area contributed by atoms with Crippen molar-refractivity contribution in [2.75, 3.05) is 20.3 Å². The second-order valence-electron chi connectivity index (χ2n) is 5.31. The fraction of sp³-hybridized carbons (Fsp3) is 0.438. The molecule has 0 aliphatic carbocycles. The quantitative estimate of drug-likeness (QED) is 0.662. The molecule has 0 atom stereocenters. The molecule has 7 nitrogen and oxygen atoms in total. The molecule has 1 heterocycles. The van der Waals surface area contributed by atoms with Gasteiger partial charge in [0.15, 0.2) is 0 Å². The summed E-state index contributed by atoms with van der Waals surface area (Å²) in [6.07, 6.45) is -3.96. The molecule has 0 bridgehead atoms. The first-order chi connectivity index (χ1) is 12.3. The summed E-state index contributed by atoms with van der Waals surface area (Å²) in [6, 6.07) is 6.36. The van der Waals surface area contributed by atoms with E-state index < -0.39 is 12.1 Å². The lowest BCUT2D eigenvalue weighted by Gasteiger charge is -2.21. The van der Waals surface area contributed by atoms with Crippen LogP contribution in [-0.4, -0.2) is 41.4 Å². The number of amides is 1. The van der Waals surface area contributed by atoms with E-state index in [0.717, 1.165) is 6.42 Å². The number of methoxy groups -OCH3 is 1. The van der Waals surface area contributed by atoms with Gasteiger partial charge in [-0.3, -0.25) is 9.63 Å². The molecule has 1 aromatic carbocycles. The lowest BCUT2D eigenvalue weighted by molar-refractivity contribution is -0.193. The fourth-order valence-electron chi connectivity index (χ4n) is 1.98. The van der Waals surface area contributed by atoms with Gasteiger partial charge in [-0.1, -0.05) is 36.3 Å². The highest BCUT2D eigenvalue weighted by atomic mass is 19.4. The Labute approximate surface area is 147 Å². The zero-order valence-electron chi connectivity index (χ0n) is 14.2. The Morgan fingerprint density at radius 3 is 2.50 bits per heavy atom. The highest BCUT2D eigenvalue weighted by molar-refractivity contribution is 5.76. The molecule has 2 rings (SSSR count). The van der Waals surface area contributed by atoms with E-state index in [1.807, 2.05) is 6.92 Å². The predicted octanol–water partition coefficient (Wildman–Crippen LogP) is 3.07. The van der Waals surface area contributed by atoms with Gasteiger partial charge >= 0.3 is 12.1 Å². The van der Waals surface area contributed by atoms with E-state index in [1.165, 1.54) is 12.2 Å². The van der Waals surface area contributed by atoms with E-state index in [1.54, 1.807) is 24.3 Å². The number of ether oxygens (including phenoxy) is 1. The van der Waals surface area contributed by atoms with Gasteiger partial charge in [-0.05, 0) is 12.0 Å². The average molecular weight is 373 g/mol. The molecule has 0 aliphatic heterocycles. The predicted molar refractivity (Wildman–Crippen MR) is 83.4 cm³/mol. The van der Waals surface area contributed by atoms with Gasteiger partial charge in [0.1, 0.15) is 6.61 Å². The fourth-order valence-corrected chi connectivity index (χ4v) is 1.98. The van der Waals surface area contributed by atoms with E-state index in [0.29, 0.717) is 17.7 Å². The van der Waals surface area contributed by atoms with E-state index >= 15 is 0 Å². The van der Waals surface area contributed by atoms with Crippen molar-refractivity contribution in [3.8, 4) is 11.4 Å². The van der Waals surface area contributed by atoms with Crippen molar-refractivity contribution in [1.82, 2.24) is 15.2 Å². The minimum absolute atomic E-state index is 0.120. The number of rotatable bonds is 8. The lowest BCUT2D eigenvalue weighted by atomic mass is 10.1. The number of halogens is 3. The van der Waals surface area contributed by atoms with Crippen molar-refractivity contribution >= 4 is 5.91 Å². The molecule has 0 saturated carbocycles. The van der Waals surface area contributed by atoms with Crippen LogP contribution in [0.2, 0.25) is 0 Å². The molecular weight excluding hydrogens is 355 g/mol. The third-order valence-electron chi connectivity index (χ3n) is 3.20. The molecule has 10 heteroatoms. The maximum atomic E-state index is 12.5. The summed E-state index contributed by atoms with van der Waals surface area (Å²) in [5.41, 5.74) is 1.08. The summed E-state index contributed by atoms with van der Waals surface area (Å²) in [5, 5.41) is 4.52. The summed E-state index contributed by atoms with van der Waals surface area (Å²) in [6.45, 7) is 2.33. The van der Waals surface area contributed by atoms with E-state index in [4.69, 9.17) is 9.57 Å². The SMILES string of the molecule is CCCON(Cc1ccc(-c2noc(C(F)(F)F)n2)cc1)C(=O)COC. The van der Waals surface area contributed by atoms with Gasteiger partial charge in [-0.25, -0.2) is 5.06 Å². The van der Waals surface area contributed by atoms with E-state index in [9.17, 15) is 18.0 Å². The molecule has 142 valence electrons. The second-order valence-corrected chi connectivity index (χ2v) is 5.31. The van der Waals surface area contributed by atoms with Crippen LogP contribution in [0.15, 0.2) is 28.8 Å².